The molecule has 0 saturated carbocycles. The van der Waals surface area contributed by atoms with Gasteiger partial charge in [-0.15, -0.1) is 0 Å². The van der Waals surface area contributed by atoms with Crippen molar-refractivity contribution in [3.05, 3.63) is 0 Å². The first-order valence-electron chi connectivity index (χ1n) is 8.65. The van der Waals surface area contributed by atoms with Crippen LogP contribution in [0.4, 0.5) is 0 Å². The fourth-order valence-corrected chi connectivity index (χ4v) is 2.10. The van der Waals surface area contributed by atoms with E-state index >= 15 is 0 Å². The molecule has 0 aliphatic carbocycles. The minimum Gasteiger partial charge on any atom is -0.477 e. The van der Waals surface area contributed by atoms with Gasteiger partial charge in [0.25, 0.3) is 5.79 Å². The molecule has 12 nitrogen and oxygen atoms in total. The van der Waals surface area contributed by atoms with Gasteiger partial charge in [0, 0.05) is 27.0 Å². The smallest absolute Gasteiger partial charge is 0.364 e. The molecule has 0 aliphatic heterocycles. The molecule has 0 saturated heterocycles. The maximum atomic E-state index is 11.8. The van der Waals surface area contributed by atoms with E-state index < -0.39 is 55.3 Å². The van der Waals surface area contributed by atoms with Crippen LogP contribution in [0.2, 0.25) is 0 Å². The molecule has 0 fully saturated rings. The van der Waals surface area contributed by atoms with E-state index in [1.165, 1.54) is 21.0 Å². The molecule has 0 radical (unpaired) electrons. The lowest BCUT2D eigenvalue weighted by Gasteiger charge is -2.36. The van der Waals surface area contributed by atoms with Crippen LogP contribution in [0.25, 0.3) is 0 Å². The zero-order valence-corrected chi connectivity index (χ0v) is 16.2. The van der Waals surface area contributed by atoms with Crippen LogP contribution >= 0.6 is 0 Å². The summed E-state index contributed by atoms with van der Waals surface area (Å²) in [5.41, 5.74) is 0. The van der Waals surface area contributed by atoms with Gasteiger partial charge in [-0.3, -0.25) is 4.79 Å². The van der Waals surface area contributed by atoms with Crippen molar-refractivity contribution in [1.82, 2.24) is 5.32 Å². The van der Waals surface area contributed by atoms with Crippen molar-refractivity contribution in [2.24, 2.45) is 0 Å². The van der Waals surface area contributed by atoms with Crippen LogP contribution in [0.15, 0.2) is 0 Å². The Morgan fingerprint density at radius 1 is 1.18 bits per heavy atom. The topological polar surface area (TPSA) is 184 Å². The molecule has 2 unspecified atom stereocenters. The first kappa shape index (κ1) is 26.6. The second-order valence-electron chi connectivity index (χ2n) is 5.93. The number of carboxylic acid groups (broad SMARTS) is 1. The maximum absolute atomic E-state index is 11.8. The van der Waals surface area contributed by atoms with E-state index in [0.717, 1.165) is 0 Å². The van der Waals surface area contributed by atoms with Gasteiger partial charge in [0.1, 0.15) is 31.2 Å². The molecular weight excluding hydrogens is 382 g/mol. The summed E-state index contributed by atoms with van der Waals surface area (Å²) in [5, 5.41) is 50.1. The normalized spacial score (nSPS) is 18.0. The highest BCUT2D eigenvalue weighted by Gasteiger charge is 2.44. The summed E-state index contributed by atoms with van der Waals surface area (Å²) in [5.74, 6) is -4.29. The summed E-state index contributed by atoms with van der Waals surface area (Å²) in [4.78, 5) is 23.0. The lowest BCUT2D eigenvalue weighted by molar-refractivity contribution is -0.284. The molecule has 28 heavy (non-hydrogen) atoms. The Morgan fingerprint density at radius 3 is 2.25 bits per heavy atom. The third-order valence-electron chi connectivity index (χ3n) is 3.78. The van der Waals surface area contributed by atoms with E-state index in [4.69, 9.17) is 24.1 Å². The Morgan fingerprint density at radius 2 is 1.82 bits per heavy atom. The number of rotatable bonds is 16. The van der Waals surface area contributed by atoms with Crippen molar-refractivity contribution < 1.29 is 54.1 Å². The zero-order valence-electron chi connectivity index (χ0n) is 16.2. The lowest BCUT2D eigenvalue weighted by atomic mass is 10.1. The van der Waals surface area contributed by atoms with Crippen molar-refractivity contribution in [2.45, 2.75) is 50.5 Å². The molecule has 12 heteroatoms. The number of nitrogens with one attached hydrogen (secondary N) is 1. The van der Waals surface area contributed by atoms with Crippen LogP contribution in [0.3, 0.4) is 0 Å². The number of aliphatic hydroxyl groups excluding tert-OH is 4. The fourth-order valence-electron chi connectivity index (χ4n) is 2.10. The highest BCUT2D eigenvalue weighted by atomic mass is 16.7. The third kappa shape index (κ3) is 8.75. The summed E-state index contributed by atoms with van der Waals surface area (Å²) in [6.45, 7) is 0.457. The number of aliphatic carboxylic acids is 1. The third-order valence-corrected chi connectivity index (χ3v) is 3.78. The molecule has 0 bridgehead atoms. The number of aliphatic hydroxyl groups is 4. The highest BCUT2D eigenvalue weighted by Crippen LogP contribution is 2.23. The summed E-state index contributed by atoms with van der Waals surface area (Å²) in [6, 6.07) is 0. The number of methoxy groups -OCH3 is 1. The van der Waals surface area contributed by atoms with Gasteiger partial charge in [-0.05, 0) is 0 Å². The molecule has 1 amide bonds. The Hall–Kier alpha value is -1.38. The maximum Gasteiger partial charge on any atom is 0.364 e. The van der Waals surface area contributed by atoms with Crippen LogP contribution in [0, 0.1) is 0 Å². The minimum atomic E-state index is -2.27. The number of carbonyl (C=O) groups is 2. The van der Waals surface area contributed by atoms with Crippen LogP contribution in [-0.2, 0) is 28.5 Å². The van der Waals surface area contributed by atoms with Gasteiger partial charge in [0.05, 0.1) is 19.8 Å². The minimum absolute atomic E-state index is 0.159. The standard InChI is InChI=1S/C16H31NO11/c1-4-16(15(23)24,27-8-11(6-18)26-9-25-3)28-13(5-17-10(2)20)14(22)12(21)7-19/h11-14,18-19,21-22H,4-9H2,1-3H3,(H,17,20)(H,23,24)/t11?,12-,13?,14-,16-/m1/s1. The van der Waals surface area contributed by atoms with E-state index in [0.29, 0.717) is 0 Å². The van der Waals surface area contributed by atoms with Gasteiger partial charge in [-0.1, -0.05) is 6.92 Å². The molecular formula is C16H31NO11. The molecule has 0 aromatic rings. The predicted octanol–water partition coefficient (Wildman–Crippen LogP) is -2.59. The van der Waals surface area contributed by atoms with Crippen molar-refractivity contribution in [3.8, 4) is 0 Å². The largest absolute Gasteiger partial charge is 0.477 e. The average Bonchev–Trinajstić information content (AvgIpc) is 2.68. The first-order valence-corrected chi connectivity index (χ1v) is 8.65. The van der Waals surface area contributed by atoms with Gasteiger partial charge in [0.2, 0.25) is 5.91 Å². The monoisotopic (exact) mass is 413 g/mol. The van der Waals surface area contributed by atoms with Gasteiger partial charge in [-0.2, -0.15) is 0 Å². The van der Waals surface area contributed by atoms with E-state index in [1.54, 1.807) is 0 Å². The van der Waals surface area contributed by atoms with Crippen LogP contribution in [0.1, 0.15) is 20.3 Å². The number of ether oxygens (including phenoxy) is 4. The molecule has 0 spiro atoms. The van der Waals surface area contributed by atoms with Crippen LogP contribution in [0.5, 0.6) is 0 Å². The molecule has 6 N–H and O–H groups in total. The Labute approximate surface area is 163 Å². The number of carbonyl (C=O) groups excluding carboxylic acids is 1. The van der Waals surface area contributed by atoms with E-state index in [-0.39, 0.29) is 26.4 Å². The van der Waals surface area contributed by atoms with Gasteiger partial charge >= 0.3 is 5.97 Å². The van der Waals surface area contributed by atoms with Gasteiger partial charge < -0.3 is 49.8 Å². The second-order valence-corrected chi connectivity index (χ2v) is 5.93. The molecule has 0 aromatic heterocycles. The zero-order chi connectivity index (χ0) is 21.7. The fraction of sp³-hybridized carbons (Fsp3) is 0.875. The Kier molecular flexibility index (Phi) is 13.1. The van der Waals surface area contributed by atoms with E-state index in [2.05, 4.69) is 5.32 Å². The van der Waals surface area contributed by atoms with Crippen molar-refractivity contribution in [3.63, 3.8) is 0 Å². The molecule has 0 aliphatic rings. The predicted molar refractivity (Wildman–Crippen MR) is 93.1 cm³/mol. The van der Waals surface area contributed by atoms with Crippen LogP contribution < -0.4 is 5.32 Å². The molecule has 0 heterocycles. The number of hydrogen-bond donors (Lipinski definition) is 6. The molecule has 5 atom stereocenters. The van der Waals surface area contributed by atoms with Crippen LogP contribution in [-0.4, -0.2) is 108 Å². The number of carboxylic acids is 1. The molecule has 0 rings (SSSR count). The summed E-state index contributed by atoms with van der Waals surface area (Å²) < 4.78 is 20.6. The summed E-state index contributed by atoms with van der Waals surface area (Å²) in [6.07, 6.45) is -5.91. The van der Waals surface area contributed by atoms with Gasteiger partial charge in [-0.25, -0.2) is 4.79 Å². The van der Waals surface area contributed by atoms with Crippen molar-refractivity contribution in [2.75, 3.05) is 40.3 Å². The van der Waals surface area contributed by atoms with E-state index in [1.807, 2.05) is 0 Å². The lowest BCUT2D eigenvalue weighted by Crippen LogP contribution is -2.55. The van der Waals surface area contributed by atoms with E-state index in [9.17, 15) is 30.0 Å². The average molecular weight is 413 g/mol. The summed E-state index contributed by atoms with van der Waals surface area (Å²) in [7, 11) is 1.37. The number of hydrogen-bond acceptors (Lipinski definition) is 10. The Balaban J connectivity index is 5.43. The SMILES string of the molecule is CC[C@@](OCC(CO)OCOC)(OC(CNC(C)=O)[C@H](O)[C@H](O)CO)C(=O)O. The number of amides is 1. The summed E-state index contributed by atoms with van der Waals surface area (Å²) >= 11 is 0. The molecule has 166 valence electrons. The second kappa shape index (κ2) is 13.7. The highest BCUT2D eigenvalue weighted by molar-refractivity contribution is 5.75. The van der Waals surface area contributed by atoms with Crippen molar-refractivity contribution in [1.29, 1.82) is 0 Å². The Bertz CT molecular complexity index is 464. The van der Waals surface area contributed by atoms with Crippen molar-refractivity contribution >= 4 is 11.9 Å². The molecule has 0 aromatic carbocycles. The quantitative estimate of drug-likeness (QED) is 0.146. The first-order chi connectivity index (χ1) is 13.2. The van der Waals surface area contributed by atoms with Gasteiger partial charge in [0.15, 0.2) is 0 Å².